The van der Waals surface area contributed by atoms with Crippen molar-refractivity contribution in [3.63, 3.8) is 0 Å². The van der Waals surface area contributed by atoms with Crippen LogP contribution in [0.4, 0.5) is 0 Å². The van der Waals surface area contributed by atoms with Crippen molar-refractivity contribution in [3.8, 4) is 5.75 Å². The maximum atomic E-state index is 12.3. The summed E-state index contributed by atoms with van der Waals surface area (Å²) in [5.74, 6) is 0.563. The van der Waals surface area contributed by atoms with Gasteiger partial charge in [0.25, 0.3) is 0 Å². The smallest absolute Gasteiger partial charge is 0.348 e. The van der Waals surface area contributed by atoms with Crippen molar-refractivity contribution in [1.29, 1.82) is 0 Å². The molecule has 5 heteroatoms. The monoisotopic (exact) mass is 480 g/mol. The fourth-order valence-electron chi connectivity index (χ4n) is 4.33. The standard InChI is InChI=1S/C29H36O4S/c1-8-29(9-2,21-13-14-23(19(4)15-21)33-18-26(30)28(5,6)7)22-12-11-20-16-25(27(31)32-10-3)34-24(20)17-22/h11-17H,8-10,18H2,1-7H3. The van der Waals surface area contributed by atoms with Crippen LogP contribution >= 0.6 is 11.3 Å². The van der Waals surface area contributed by atoms with Gasteiger partial charge in [-0.3, -0.25) is 4.79 Å². The zero-order valence-electron chi connectivity index (χ0n) is 21.4. The Bertz CT molecular complexity index is 1180. The Morgan fingerprint density at radius 3 is 2.15 bits per heavy atom. The van der Waals surface area contributed by atoms with Crippen LogP contribution in [0.1, 0.15) is 80.7 Å². The number of ketones is 1. The second kappa shape index (κ2) is 10.3. The van der Waals surface area contributed by atoms with Gasteiger partial charge in [0.1, 0.15) is 17.2 Å². The van der Waals surface area contributed by atoms with Crippen molar-refractivity contribution < 1.29 is 19.1 Å². The molecule has 2 aromatic carbocycles. The van der Waals surface area contributed by atoms with Crippen molar-refractivity contribution in [2.45, 2.75) is 66.7 Å². The van der Waals surface area contributed by atoms with Crippen LogP contribution in [-0.4, -0.2) is 25.0 Å². The number of carbonyl (C=O) groups is 2. The molecule has 1 heterocycles. The molecule has 0 N–H and O–H groups in total. The van der Waals surface area contributed by atoms with Gasteiger partial charge in [-0.1, -0.05) is 58.9 Å². The van der Waals surface area contributed by atoms with Gasteiger partial charge in [-0.25, -0.2) is 4.79 Å². The Kier molecular flexibility index (Phi) is 7.87. The summed E-state index contributed by atoms with van der Waals surface area (Å²) in [6.07, 6.45) is 1.88. The molecule has 0 saturated heterocycles. The third kappa shape index (κ3) is 5.20. The van der Waals surface area contributed by atoms with E-state index in [1.165, 1.54) is 22.5 Å². The van der Waals surface area contributed by atoms with Gasteiger partial charge in [0.2, 0.25) is 0 Å². The predicted molar refractivity (Wildman–Crippen MR) is 140 cm³/mol. The lowest BCUT2D eigenvalue weighted by Gasteiger charge is -2.34. The van der Waals surface area contributed by atoms with Gasteiger partial charge in [0.05, 0.1) is 6.61 Å². The minimum atomic E-state index is -0.416. The molecule has 0 radical (unpaired) electrons. The zero-order valence-corrected chi connectivity index (χ0v) is 22.2. The van der Waals surface area contributed by atoms with E-state index in [-0.39, 0.29) is 23.8 Å². The number of hydrogen-bond donors (Lipinski definition) is 0. The van der Waals surface area contributed by atoms with E-state index in [2.05, 4.69) is 44.2 Å². The summed E-state index contributed by atoms with van der Waals surface area (Å²) in [4.78, 5) is 25.1. The summed E-state index contributed by atoms with van der Waals surface area (Å²) >= 11 is 1.48. The fraction of sp³-hybridized carbons (Fsp3) is 0.448. The highest BCUT2D eigenvalue weighted by atomic mass is 32.1. The van der Waals surface area contributed by atoms with Gasteiger partial charge < -0.3 is 9.47 Å². The minimum Gasteiger partial charge on any atom is -0.486 e. The number of fused-ring (bicyclic) bond motifs is 1. The number of esters is 1. The number of ether oxygens (including phenoxy) is 2. The van der Waals surface area contributed by atoms with Crippen LogP contribution < -0.4 is 4.74 Å². The quantitative estimate of drug-likeness (QED) is 0.298. The predicted octanol–water partition coefficient (Wildman–Crippen LogP) is 7.49. The highest BCUT2D eigenvalue weighted by Gasteiger charge is 2.32. The van der Waals surface area contributed by atoms with Gasteiger partial charge in [-0.2, -0.15) is 0 Å². The molecular formula is C29H36O4S. The molecule has 0 amide bonds. The van der Waals surface area contributed by atoms with Crippen molar-refractivity contribution in [2.75, 3.05) is 13.2 Å². The molecule has 4 nitrogen and oxygen atoms in total. The molecule has 0 atom stereocenters. The van der Waals surface area contributed by atoms with Crippen LogP contribution in [0.2, 0.25) is 0 Å². The average Bonchev–Trinajstić information content (AvgIpc) is 3.23. The molecule has 0 aliphatic rings. The Hall–Kier alpha value is -2.66. The van der Waals surface area contributed by atoms with E-state index < -0.39 is 5.41 Å². The van der Waals surface area contributed by atoms with E-state index in [9.17, 15) is 9.59 Å². The molecule has 3 rings (SSSR count). The molecule has 0 aliphatic carbocycles. The highest BCUT2D eigenvalue weighted by molar-refractivity contribution is 7.20. The van der Waals surface area contributed by atoms with Crippen molar-refractivity contribution in [2.24, 2.45) is 5.41 Å². The van der Waals surface area contributed by atoms with Crippen LogP contribution in [0.3, 0.4) is 0 Å². The molecular weight excluding hydrogens is 444 g/mol. The van der Waals surface area contributed by atoms with Gasteiger partial charge in [-0.05, 0) is 67.0 Å². The maximum Gasteiger partial charge on any atom is 0.348 e. The first kappa shape index (κ1) is 26.0. The van der Waals surface area contributed by atoms with E-state index in [0.29, 0.717) is 11.5 Å². The summed E-state index contributed by atoms with van der Waals surface area (Å²) in [7, 11) is 0. The van der Waals surface area contributed by atoms with Gasteiger partial charge in [0, 0.05) is 15.5 Å². The fourth-order valence-corrected chi connectivity index (χ4v) is 5.33. The number of benzene rings is 2. The van der Waals surface area contributed by atoms with Crippen molar-refractivity contribution in [3.05, 3.63) is 64.0 Å². The van der Waals surface area contributed by atoms with E-state index in [4.69, 9.17) is 9.47 Å². The first-order valence-corrected chi connectivity index (χ1v) is 12.9. The van der Waals surface area contributed by atoms with E-state index in [1.807, 2.05) is 46.8 Å². The number of aryl methyl sites for hydroxylation is 1. The lowest BCUT2D eigenvalue weighted by atomic mass is 9.70. The first-order chi connectivity index (χ1) is 16.1. The van der Waals surface area contributed by atoms with E-state index in [0.717, 1.165) is 34.2 Å². The Morgan fingerprint density at radius 1 is 0.912 bits per heavy atom. The number of carbonyl (C=O) groups excluding carboxylic acids is 2. The Morgan fingerprint density at radius 2 is 1.56 bits per heavy atom. The summed E-state index contributed by atoms with van der Waals surface area (Å²) < 4.78 is 12.1. The van der Waals surface area contributed by atoms with Gasteiger partial charge in [-0.15, -0.1) is 11.3 Å². The SMILES string of the molecule is CCOC(=O)c1cc2ccc(C(CC)(CC)c3ccc(OCC(=O)C(C)(C)C)c(C)c3)cc2s1. The van der Waals surface area contributed by atoms with Crippen LogP contribution in [0.5, 0.6) is 5.75 Å². The molecule has 0 fully saturated rings. The summed E-state index contributed by atoms with van der Waals surface area (Å²) in [6.45, 7) is 14.5. The average molecular weight is 481 g/mol. The Balaban J connectivity index is 1.95. The molecule has 0 saturated carbocycles. The summed E-state index contributed by atoms with van der Waals surface area (Å²) in [6, 6.07) is 14.7. The number of Topliss-reactive ketones (excluding diaryl/α,β-unsaturated/α-hetero) is 1. The third-order valence-corrected chi connectivity index (χ3v) is 7.76. The van der Waals surface area contributed by atoms with Crippen LogP contribution in [-0.2, 0) is 14.9 Å². The second-order valence-corrected chi connectivity index (χ2v) is 10.9. The number of hydrogen-bond acceptors (Lipinski definition) is 5. The maximum absolute atomic E-state index is 12.3. The highest BCUT2D eigenvalue weighted by Crippen LogP contribution is 2.42. The van der Waals surface area contributed by atoms with Crippen LogP contribution in [0.25, 0.3) is 10.1 Å². The normalized spacial score (nSPS) is 12.1. The van der Waals surface area contributed by atoms with Gasteiger partial charge in [0.15, 0.2) is 5.78 Å². The number of rotatable bonds is 9. The van der Waals surface area contributed by atoms with Crippen molar-refractivity contribution in [1.82, 2.24) is 0 Å². The van der Waals surface area contributed by atoms with E-state index in [1.54, 1.807) is 0 Å². The van der Waals surface area contributed by atoms with Gasteiger partial charge >= 0.3 is 5.97 Å². The molecule has 0 bridgehead atoms. The molecule has 182 valence electrons. The number of thiophene rings is 1. The second-order valence-electron chi connectivity index (χ2n) is 9.82. The molecule has 1 aromatic heterocycles. The molecule has 3 aromatic rings. The molecule has 34 heavy (non-hydrogen) atoms. The minimum absolute atomic E-state index is 0.0776. The molecule has 0 aliphatic heterocycles. The largest absolute Gasteiger partial charge is 0.486 e. The first-order valence-electron chi connectivity index (χ1n) is 12.0. The summed E-state index contributed by atoms with van der Waals surface area (Å²) in [5.41, 5.74) is 2.91. The van der Waals surface area contributed by atoms with E-state index >= 15 is 0 Å². The van der Waals surface area contributed by atoms with Crippen LogP contribution in [0.15, 0.2) is 42.5 Å². The van der Waals surface area contributed by atoms with Crippen LogP contribution in [0, 0.1) is 12.3 Å². The lowest BCUT2D eigenvalue weighted by molar-refractivity contribution is -0.128. The zero-order chi connectivity index (χ0) is 25.1. The topological polar surface area (TPSA) is 52.6 Å². The molecule has 0 spiro atoms. The third-order valence-electron chi connectivity index (χ3n) is 6.68. The molecule has 0 unspecified atom stereocenters. The Labute approximate surface area is 207 Å². The van der Waals surface area contributed by atoms with Crippen molar-refractivity contribution >= 4 is 33.2 Å². The summed E-state index contributed by atoms with van der Waals surface area (Å²) in [5, 5.41) is 1.06. The lowest BCUT2D eigenvalue weighted by Crippen LogP contribution is -2.27.